The number of aryl methyl sites for hydroxylation is 2. The van der Waals surface area contributed by atoms with Crippen molar-refractivity contribution in [3.63, 3.8) is 0 Å². The summed E-state index contributed by atoms with van der Waals surface area (Å²) in [5.74, 6) is -0.0305. The summed E-state index contributed by atoms with van der Waals surface area (Å²) < 4.78 is 7.25. The number of nitrogens with zero attached hydrogens (tertiary/aromatic N) is 3. The lowest BCUT2D eigenvalue weighted by Crippen LogP contribution is -2.17. The molecule has 2 aromatic heterocycles. The number of hydrogen-bond donors (Lipinski definition) is 2. The summed E-state index contributed by atoms with van der Waals surface area (Å²) in [5.41, 5.74) is 7.39. The summed E-state index contributed by atoms with van der Waals surface area (Å²) in [5, 5.41) is 7.04. The Balaban J connectivity index is 1.69. The average Bonchev–Trinajstić information content (AvgIpc) is 3.04. The van der Waals surface area contributed by atoms with Crippen LogP contribution in [0.1, 0.15) is 33.5 Å². The Morgan fingerprint density at radius 1 is 1.22 bits per heavy atom. The second kappa shape index (κ2) is 7.69. The number of aromatic nitrogens is 3. The van der Waals surface area contributed by atoms with Crippen LogP contribution in [0.4, 0.5) is 5.69 Å². The lowest BCUT2D eigenvalue weighted by atomic mass is 10.2. The number of carbonyl (C=O) groups excluding carboxylic acids is 2. The Labute approximate surface area is 156 Å². The van der Waals surface area contributed by atoms with Gasteiger partial charge in [0.15, 0.2) is 0 Å². The summed E-state index contributed by atoms with van der Waals surface area (Å²) in [6.45, 7) is 4.36. The van der Waals surface area contributed by atoms with E-state index >= 15 is 0 Å². The largest absolute Gasteiger partial charge is 0.439 e. The molecule has 3 N–H and O–H groups in total. The molecule has 8 nitrogen and oxygen atoms in total. The molecule has 8 heteroatoms. The number of benzene rings is 1. The van der Waals surface area contributed by atoms with E-state index in [4.69, 9.17) is 10.5 Å². The molecule has 0 fully saturated rings. The number of hydrogen-bond acceptors (Lipinski definition) is 5. The summed E-state index contributed by atoms with van der Waals surface area (Å²) in [4.78, 5) is 27.8. The fourth-order valence-electron chi connectivity index (χ4n) is 2.51. The molecule has 0 aliphatic carbocycles. The first-order valence-corrected chi connectivity index (χ1v) is 8.36. The second-order valence-corrected chi connectivity index (χ2v) is 5.82. The Kier molecular flexibility index (Phi) is 5.16. The van der Waals surface area contributed by atoms with Gasteiger partial charge >= 0.3 is 0 Å². The maximum absolute atomic E-state index is 12.4. The molecule has 0 atom stereocenters. The average molecular weight is 365 g/mol. The normalized spacial score (nSPS) is 10.4. The second-order valence-electron chi connectivity index (χ2n) is 5.82. The number of ether oxygens (including phenoxy) is 1. The molecule has 3 aromatic rings. The van der Waals surface area contributed by atoms with Gasteiger partial charge in [0.05, 0.1) is 17.6 Å². The molecule has 1 aromatic carbocycles. The minimum Gasteiger partial charge on any atom is -0.439 e. The van der Waals surface area contributed by atoms with Crippen LogP contribution in [0, 0.1) is 6.92 Å². The van der Waals surface area contributed by atoms with Crippen LogP contribution < -0.4 is 15.8 Å². The van der Waals surface area contributed by atoms with Crippen molar-refractivity contribution in [1.82, 2.24) is 14.8 Å². The topological polar surface area (TPSA) is 112 Å². The van der Waals surface area contributed by atoms with Gasteiger partial charge in [-0.05, 0) is 44.2 Å². The summed E-state index contributed by atoms with van der Waals surface area (Å²) in [7, 11) is 0. The highest BCUT2D eigenvalue weighted by Crippen LogP contribution is 2.21. The van der Waals surface area contributed by atoms with Gasteiger partial charge < -0.3 is 15.8 Å². The number of carbonyl (C=O) groups is 2. The van der Waals surface area contributed by atoms with Crippen LogP contribution in [0.15, 0.2) is 48.7 Å². The van der Waals surface area contributed by atoms with Gasteiger partial charge in [0, 0.05) is 18.2 Å². The van der Waals surface area contributed by atoms with Gasteiger partial charge in [0.1, 0.15) is 11.4 Å². The zero-order valence-electron chi connectivity index (χ0n) is 15.0. The van der Waals surface area contributed by atoms with Crippen molar-refractivity contribution in [3.8, 4) is 11.6 Å². The first kappa shape index (κ1) is 18.1. The van der Waals surface area contributed by atoms with E-state index in [9.17, 15) is 9.59 Å². The van der Waals surface area contributed by atoms with Gasteiger partial charge in [0.25, 0.3) is 5.91 Å². The number of pyridine rings is 1. The van der Waals surface area contributed by atoms with Crippen molar-refractivity contribution in [2.45, 2.75) is 20.4 Å². The molecule has 0 aliphatic heterocycles. The summed E-state index contributed by atoms with van der Waals surface area (Å²) >= 11 is 0. The molecule has 0 spiro atoms. The maximum atomic E-state index is 12.4. The highest BCUT2D eigenvalue weighted by molar-refractivity contribution is 6.03. The number of nitrogens with one attached hydrogen (secondary N) is 1. The Morgan fingerprint density at radius 2 is 2.04 bits per heavy atom. The molecular formula is C19H19N5O3. The summed E-state index contributed by atoms with van der Waals surface area (Å²) in [6, 6.07) is 11.5. The fraction of sp³-hybridized carbons (Fsp3) is 0.158. The van der Waals surface area contributed by atoms with E-state index in [1.54, 1.807) is 41.1 Å². The minimum atomic E-state index is -0.534. The zero-order valence-corrected chi connectivity index (χ0v) is 15.0. The fourth-order valence-corrected chi connectivity index (χ4v) is 2.51. The van der Waals surface area contributed by atoms with Crippen molar-refractivity contribution in [2.24, 2.45) is 5.73 Å². The van der Waals surface area contributed by atoms with Crippen LogP contribution in [0.3, 0.4) is 0 Å². The van der Waals surface area contributed by atoms with E-state index in [2.05, 4.69) is 15.4 Å². The molecular weight excluding hydrogens is 346 g/mol. The molecule has 2 heterocycles. The number of primary amides is 1. The third kappa shape index (κ3) is 4.30. The Hall–Kier alpha value is -3.68. The van der Waals surface area contributed by atoms with Crippen LogP contribution in [0.5, 0.6) is 11.6 Å². The number of anilines is 1. The van der Waals surface area contributed by atoms with Crippen LogP contribution in [0.25, 0.3) is 0 Å². The van der Waals surface area contributed by atoms with Gasteiger partial charge in [-0.1, -0.05) is 6.07 Å². The van der Waals surface area contributed by atoms with Crippen molar-refractivity contribution in [2.75, 3.05) is 5.32 Å². The van der Waals surface area contributed by atoms with Gasteiger partial charge in [-0.15, -0.1) is 0 Å². The third-order valence-corrected chi connectivity index (χ3v) is 3.77. The van der Waals surface area contributed by atoms with E-state index in [1.807, 2.05) is 13.8 Å². The molecule has 0 saturated heterocycles. The van der Waals surface area contributed by atoms with Crippen LogP contribution >= 0.6 is 0 Å². The number of amides is 2. The van der Waals surface area contributed by atoms with Gasteiger partial charge in [-0.3, -0.25) is 14.3 Å². The molecule has 138 valence electrons. The van der Waals surface area contributed by atoms with E-state index in [1.165, 1.54) is 12.3 Å². The highest BCUT2D eigenvalue weighted by Gasteiger charge is 2.13. The van der Waals surface area contributed by atoms with Crippen molar-refractivity contribution >= 4 is 17.5 Å². The predicted molar refractivity (Wildman–Crippen MR) is 99.9 cm³/mol. The Bertz CT molecular complexity index is 979. The van der Waals surface area contributed by atoms with Gasteiger partial charge in [-0.2, -0.15) is 5.10 Å². The van der Waals surface area contributed by atoms with Gasteiger partial charge in [0.2, 0.25) is 11.8 Å². The highest BCUT2D eigenvalue weighted by atomic mass is 16.5. The third-order valence-electron chi connectivity index (χ3n) is 3.77. The lowest BCUT2D eigenvalue weighted by Gasteiger charge is -2.08. The first-order valence-electron chi connectivity index (χ1n) is 8.36. The molecule has 0 unspecified atom stereocenters. The van der Waals surface area contributed by atoms with Crippen LogP contribution in [-0.4, -0.2) is 26.6 Å². The van der Waals surface area contributed by atoms with E-state index in [-0.39, 0.29) is 5.91 Å². The maximum Gasteiger partial charge on any atom is 0.273 e. The minimum absolute atomic E-state index is 0.262. The molecule has 27 heavy (non-hydrogen) atoms. The standard InChI is InChI=1S/C19H19N5O3/c1-3-24-16(9-12(2)23-24)19(26)22-14-7-8-17(21-11-14)27-15-6-4-5-13(10-15)18(20)25/h4-11H,3H2,1-2H3,(H2,20,25)(H,22,26). The Morgan fingerprint density at radius 3 is 2.70 bits per heavy atom. The van der Waals surface area contributed by atoms with E-state index in [0.717, 1.165) is 5.69 Å². The van der Waals surface area contributed by atoms with E-state index in [0.29, 0.717) is 35.1 Å². The predicted octanol–water partition coefficient (Wildman–Crippen LogP) is 2.75. The summed E-state index contributed by atoms with van der Waals surface area (Å²) in [6.07, 6.45) is 1.49. The molecule has 0 radical (unpaired) electrons. The SMILES string of the molecule is CCn1nc(C)cc1C(=O)Nc1ccc(Oc2cccc(C(N)=O)c2)nc1. The van der Waals surface area contributed by atoms with Gasteiger partial charge in [-0.25, -0.2) is 4.98 Å². The smallest absolute Gasteiger partial charge is 0.273 e. The monoisotopic (exact) mass is 365 g/mol. The molecule has 0 saturated carbocycles. The molecule has 3 rings (SSSR count). The number of rotatable bonds is 6. The van der Waals surface area contributed by atoms with Crippen LogP contribution in [-0.2, 0) is 6.54 Å². The van der Waals surface area contributed by atoms with Crippen molar-refractivity contribution < 1.29 is 14.3 Å². The zero-order chi connectivity index (χ0) is 19.4. The van der Waals surface area contributed by atoms with Crippen molar-refractivity contribution in [3.05, 3.63) is 65.6 Å². The van der Waals surface area contributed by atoms with Crippen LogP contribution in [0.2, 0.25) is 0 Å². The van der Waals surface area contributed by atoms with E-state index < -0.39 is 5.91 Å². The first-order chi connectivity index (χ1) is 13.0. The molecule has 2 amide bonds. The van der Waals surface area contributed by atoms with Crippen molar-refractivity contribution in [1.29, 1.82) is 0 Å². The quantitative estimate of drug-likeness (QED) is 0.697. The molecule has 0 bridgehead atoms. The number of nitrogens with two attached hydrogens (primary N) is 1. The molecule has 0 aliphatic rings. The lowest BCUT2D eigenvalue weighted by molar-refractivity contribution is 0.0996.